The van der Waals surface area contributed by atoms with Crippen LogP contribution in [0, 0.1) is 16.7 Å². The van der Waals surface area contributed by atoms with Gasteiger partial charge in [-0.3, -0.25) is 14.6 Å². The highest BCUT2D eigenvalue weighted by molar-refractivity contribution is 7.99. The molecule has 2 aliphatic rings. The molecule has 0 spiro atoms. The molecule has 2 fully saturated rings. The average molecular weight is 438 g/mol. The number of hydrogen-bond acceptors (Lipinski definition) is 6. The Bertz CT molecular complexity index is 1040. The number of carbonyl (C=O) groups excluding carboxylic acids is 2. The van der Waals surface area contributed by atoms with E-state index in [1.807, 2.05) is 12.1 Å². The molecule has 2 aromatic rings. The van der Waals surface area contributed by atoms with Gasteiger partial charge in [0.1, 0.15) is 6.04 Å². The lowest BCUT2D eigenvalue weighted by atomic mass is 9.82. The van der Waals surface area contributed by atoms with Crippen molar-refractivity contribution >= 4 is 40.2 Å². The first-order valence-corrected chi connectivity index (χ1v) is 11.7. The lowest BCUT2D eigenvalue weighted by Crippen LogP contribution is -2.42. The van der Waals surface area contributed by atoms with E-state index >= 15 is 0 Å². The fourth-order valence-corrected chi connectivity index (χ4v) is 5.15. The zero-order chi connectivity index (χ0) is 22.0. The van der Waals surface area contributed by atoms with Gasteiger partial charge in [0.2, 0.25) is 5.91 Å². The van der Waals surface area contributed by atoms with E-state index in [0.717, 1.165) is 42.5 Å². The van der Waals surface area contributed by atoms with Crippen LogP contribution in [0.3, 0.4) is 0 Å². The molecule has 1 N–H and O–H groups in total. The number of piperidine rings is 1. The molecule has 2 amide bonds. The highest BCUT2D eigenvalue weighted by Crippen LogP contribution is 2.33. The lowest BCUT2D eigenvalue weighted by molar-refractivity contribution is -0.129. The van der Waals surface area contributed by atoms with E-state index in [1.54, 1.807) is 24.0 Å². The summed E-state index contributed by atoms with van der Waals surface area (Å²) in [6.45, 7) is 6.46. The Labute approximate surface area is 186 Å². The van der Waals surface area contributed by atoms with Gasteiger partial charge in [-0.15, -0.1) is 11.8 Å². The number of aromatic nitrogens is 1. The number of amides is 2. The molecular formula is C23H27N5O2S. The molecule has 2 saturated heterocycles. The van der Waals surface area contributed by atoms with Crippen LogP contribution in [0.25, 0.3) is 10.9 Å². The molecule has 3 heterocycles. The Kier molecular flexibility index (Phi) is 6.05. The minimum Gasteiger partial charge on any atom is -0.371 e. The number of nitrogens with zero attached hydrogens (tertiary/aromatic N) is 4. The Morgan fingerprint density at radius 1 is 1.29 bits per heavy atom. The summed E-state index contributed by atoms with van der Waals surface area (Å²) in [5.74, 6) is 0.556. The molecule has 4 rings (SSSR count). The third-order valence-electron chi connectivity index (χ3n) is 6.20. The molecule has 0 aliphatic carbocycles. The van der Waals surface area contributed by atoms with E-state index < -0.39 is 6.04 Å². The van der Waals surface area contributed by atoms with E-state index in [2.05, 4.69) is 41.2 Å². The third-order valence-corrected chi connectivity index (χ3v) is 7.22. The maximum Gasteiger partial charge on any atom is 0.252 e. The normalized spacial score (nSPS) is 20.5. The van der Waals surface area contributed by atoms with Gasteiger partial charge in [0.15, 0.2) is 0 Å². The molecule has 0 bridgehead atoms. The Morgan fingerprint density at radius 3 is 2.81 bits per heavy atom. The highest BCUT2D eigenvalue weighted by Gasteiger charge is 2.29. The molecule has 7 nitrogen and oxygen atoms in total. The number of thioether (sulfide) groups is 1. The van der Waals surface area contributed by atoms with E-state index in [9.17, 15) is 9.59 Å². The van der Waals surface area contributed by atoms with Gasteiger partial charge >= 0.3 is 0 Å². The van der Waals surface area contributed by atoms with Crippen molar-refractivity contribution in [1.82, 2.24) is 15.2 Å². The highest BCUT2D eigenvalue weighted by atomic mass is 32.2. The zero-order valence-electron chi connectivity index (χ0n) is 17.9. The fraction of sp³-hybridized carbons (Fsp3) is 0.478. The van der Waals surface area contributed by atoms with Crippen LogP contribution in [0.15, 0.2) is 30.5 Å². The number of nitriles is 1. The number of benzene rings is 1. The molecule has 31 heavy (non-hydrogen) atoms. The van der Waals surface area contributed by atoms with Gasteiger partial charge in [-0.1, -0.05) is 13.8 Å². The van der Waals surface area contributed by atoms with Gasteiger partial charge in [-0.25, -0.2) is 0 Å². The van der Waals surface area contributed by atoms with Crippen LogP contribution in [-0.4, -0.2) is 59.0 Å². The average Bonchev–Trinajstić information content (AvgIpc) is 3.25. The molecule has 0 radical (unpaired) electrons. The van der Waals surface area contributed by atoms with Crippen molar-refractivity contribution in [3.8, 4) is 6.07 Å². The van der Waals surface area contributed by atoms with Crippen LogP contribution in [-0.2, 0) is 4.79 Å². The van der Waals surface area contributed by atoms with Gasteiger partial charge in [-0.2, -0.15) is 5.26 Å². The summed E-state index contributed by atoms with van der Waals surface area (Å²) in [6.07, 6.45) is 3.88. The first kappa shape index (κ1) is 21.4. The molecule has 1 aromatic carbocycles. The molecule has 2 aliphatic heterocycles. The summed E-state index contributed by atoms with van der Waals surface area (Å²) in [4.78, 5) is 33.6. The quantitative estimate of drug-likeness (QED) is 0.791. The molecular weight excluding hydrogens is 410 g/mol. The number of hydrogen-bond donors (Lipinski definition) is 1. The largest absolute Gasteiger partial charge is 0.371 e. The first-order valence-electron chi connectivity index (χ1n) is 10.6. The maximum atomic E-state index is 12.9. The van der Waals surface area contributed by atoms with Crippen LogP contribution in [0.4, 0.5) is 5.69 Å². The summed E-state index contributed by atoms with van der Waals surface area (Å²) in [5.41, 5.74) is 2.71. The summed E-state index contributed by atoms with van der Waals surface area (Å²) in [5, 5.41) is 12.7. The van der Waals surface area contributed by atoms with Crippen LogP contribution in [0.2, 0.25) is 0 Å². The predicted octanol–water partition coefficient (Wildman–Crippen LogP) is 3.02. The van der Waals surface area contributed by atoms with Crippen LogP contribution < -0.4 is 10.2 Å². The second-order valence-corrected chi connectivity index (χ2v) is 9.90. The van der Waals surface area contributed by atoms with Crippen molar-refractivity contribution in [2.75, 3.05) is 36.2 Å². The first-order chi connectivity index (χ1) is 14.9. The SMILES string of the molecule is CC1(C)CCN(c2ccc3nccc(C(=O)NCC(=O)N4CSC[C@H]4C#N)c3c2)CC1. The fourth-order valence-electron chi connectivity index (χ4n) is 4.05. The predicted molar refractivity (Wildman–Crippen MR) is 123 cm³/mol. The number of fused-ring (bicyclic) bond motifs is 1. The van der Waals surface area contributed by atoms with Gasteiger partial charge in [0.05, 0.1) is 29.6 Å². The summed E-state index contributed by atoms with van der Waals surface area (Å²) in [7, 11) is 0. The Balaban J connectivity index is 1.50. The molecule has 0 saturated carbocycles. The standard InChI is InChI=1S/C23H27N5O2S/c1-23(2)6-9-27(10-7-23)16-3-4-20-19(11-16)18(5-8-25-20)22(30)26-13-21(29)28-15-31-14-17(28)12-24/h3-5,8,11,17H,6-7,9-10,13-15H2,1-2H3,(H,26,30)/t17-/m1/s1. The van der Waals surface area contributed by atoms with E-state index in [4.69, 9.17) is 5.26 Å². The van der Waals surface area contributed by atoms with Gasteiger partial charge < -0.3 is 15.1 Å². The zero-order valence-corrected chi connectivity index (χ0v) is 18.7. The molecule has 162 valence electrons. The third kappa shape index (κ3) is 4.62. The number of pyridine rings is 1. The molecule has 1 aromatic heterocycles. The Morgan fingerprint density at radius 2 is 2.06 bits per heavy atom. The summed E-state index contributed by atoms with van der Waals surface area (Å²) >= 11 is 1.55. The van der Waals surface area contributed by atoms with Crippen molar-refractivity contribution in [1.29, 1.82) is 5.26 Å². The topological polar surface area (TPSA) is 89.3 Å². The van der Waals surface area contributed by atoms with Crippen molar-refractivity contribution < 1.29 is 9.59 Å². The van der Waals surface area contributed by atoms with Gasteiger partial charge in [0.25, 0.3) is 5.91 Å². The number of anilines is 1. The molecule has 8 heteroatoms. The van der Waals surface area contributed by atoms with E-state index in [1.165, 1.54) is 4.90 Å². The van der Waals surface area contributed by atoms with Gasteiger partial charge in [-0.05, 0) is 42.5 Å². The van der Waals surface area contributed by atoms with Crippen LogP contribution >= 0.6 is 11.8 Å². The number of rotatable bonds is 4. The van der Waals surface area contributed by atoms with Crippen molar-refractivity contribution in [3.63, 3.8) is 0 Å². The summed E-state index contributed by atoms with van der Waals surface area (Å²) < 4.78 is 0. The van der Waals surface area contributed by atoms with Crippen molar-refractivity contribution in [2.45, 2.75) is 32.7 Å². The van der Waals surface area contributed by atoms with Crippen LogP contribution in [0.1, 0.15) is 37.0 Å². The number of nitrogens with one attached hydrogen (secondary N) is 1. The number of carbonyl (C=O) groups is 2. The minimum atomic E-state index is -0.423. The molecule has 1 atom stereocenters. The van der Waals surface area contributed by atoms with E-state index in [0.29, 0.717) is 22.6 Å². The lowest BCUT2D eigenvalue weighted by Gasteiger charge is -2.38. The minimum absolute atomic E-state index is 0.123. The second-order valence-electron chi connectivity index (χ2n) is 8.90. The van der Waals surface area contributed by atoms with Crippen LogP contribution in [0.5, 0.6) is 0 Å². The smallest absolute Gasteiger partial charge is 0.252 e. The van der Waals surface area contributed by atoms with E-state index in [-0.39, 0.29) is 18.4 Å². The van der Waals surface area contributed by atoms with Crippen molar-refractivity contribution in [2.24, 2.45) is 5.41 Å². The second kappa shape index (κ2) is 8.75. The monoisotopic (exact) mass is 437 g/mol. The van der Waals surface area contributed by atoms with Gasteiger partial charge in [0, 0.05) is 36.1 Å². The molecule has 0 unspecified atom stereocenters. The maximum absolute atomic E-state index is 12.9. The van der Waals surface area contributed by atoms with Crippen molar-refractivity contribution in [3.05, 3.63) is 36.0 Å². The Hall–Kier alpha value is -2.79. The summed E-state index contributed by atoms with van der Waals surface area (Å²) in [6, 6.07) is 9.45.